The van der Waals surface area contributed by atoms with E-state index >= 15 is 0 Å². The fourth-order valence-electron chi connectivity index (χ4n) is 0.265. The molecule has 0 saturated heterocycles. The summed E-state index contributed by atoms with van der Waals surface area (Å²) in [5, 5.41) is 0. The molecule has 0 atom stereocenters. The Kier molecular flexibility index (Phi) is 31.0. The Labute approximate surface area is 74.5 Å². The first-order valence-corrected chi connectivity index (χ1v) is 2.31. The van der Waals surface area contributed by atoms with Gasteiger partial charge in [-0.3, -0.25) is 0 Å². The average Bonchev–Trinajstić information content (AvgIpc) is 1.61. The molecule has 0 amide bonds. The molecule has 8 heavy (non-hydrogen) atoms. The van der Waals surface area contributed by atoms with Gasteiger partial charge in [-0.25, -0.2) is 0 Å². The molecule has 0 fully saturated rings. The molecule has 0 unspecified atom stereocenters. The molecule has 0 saturated carbocycles. The summed E-state index contributed by atoms with van der Waals surface area (Å²) in [6.45, 7) is 2.11. The molecule has 1 radical (unpaired) electrons. The van der Waals surface area contributed by atoms with Crippen LogP contribution < -0.4 is 18.9 Å². The summed E-state index contributed by atoms with van der Waals surface area (Å²) in [4.78, 5) is 0. The molecule has 45 valence electrons. The topological polar surface area (TPSA) is 0 Å². The monoisotopic (exact) mass is 151 g/mol. The van der Waals surface area contributed by atoms with E-state index in [2.05, 4.69) is 12.8 Å². The van der Waals surface area contributed by atoms with Gasteiger partial charge >= 0.3 is 18.9 Å². The van der Waals surface area contributed by atoms with Crippen LogP contribution in [0.25, 0.3) is 0 Å². The molecular formula is C6H9CuLi. The summed E-state index contributed by atoms with van der Waals surface area (Å²) in [6.07, 6.45) is 9.57. The molecule has 0 N–H and O–H groups in total. The Hall–Kier alpha value is 0.677. The largest absolute Gasteiger partial charge is 1.00 e. The van der Waals surface area contributed by atoms with Crippen molar-refractivity contribution in [3.05, 3.63) is 6.42 Å². The second-order valence-corrected chi connectivity index (χ2v) is 1.28. The zero-order chi connectivity index (χ0) is 4.83. The summed E-state index contributed by atoms with van der Waals surface area (Å²) in [6, 6.07) is 0. The van der Waals surface area contributed by atoms with Crippen LogP contribution in [0.15, 0.2) is 0 Å². The summed E-state index contributed by atoms with van der Waals surface area (Å²) in [5.41, 5.74) is 0. The van der Waals surface area contributed by atoms with Crippen molar-refractivity contribution in [3.63, 3.8) is 0 Å². The van der Waals surface area contributed by atoms with Crippen molar-refractivity contribution in [2.75, 3.05) is 0 Å². The minimum Gasteiger partial charge on any atom is -0.694 e. The van der Waals surface area contributed by atoms with Gasteiger partial charge in [0.1, 0.15) is 0 Å². The Balaban J connectivity index is -0.000000125. The number of hydrogen-bond donors (Lipinski definition) is 0. The van der Waals surface area contributed by atoms with Crippen molar-refractivity contribution in [2.45, 2.75) is 26.2 Å². The van der Waals surface area contributed by atoms with E-state index in [0.29, 0.717) is 0 Å². The maximum Gasteiger partial charge on any atom is 1.00 e. The van der Waals surface area contributed by atoms with Gasteiger partial charge in [-0.1, -0.05) is 13.3 Å². The van der Waals surface area contributed by atoms with Crippen LogP contribution in [-0.4, -0.2) is 0 Å². The van der Waals surface area contributed by atoms with Crippen LogP contribution in [0.5, 0.6) is 0 Å². The number of rotatable bonds is 2. The molecule has 0 aromatic rings. The second kappa shape index (κ2) is 15.6. The maximum absolute atomic E-state index is 6.46. The van der Waals surface area contributed by atoms with Gasteiger partial charge < -0.3 is 12.3 Å². The first-order valence-electron chi connectivity index (χ1n) is 2.31. The zero-order valence-electron chi connectivity index (χ0n) is 5.42. The second-order valence-electron chi connectivity index (χ2n) is 1.28. The summed E-state index contributed by atoms with van der Waals surface area (Å²) in [5.74, 6) is 2.32. The normalized spacial score (nSPS) is 5.50. The predicted molar refractivity (Wildman–Crippen MR) is 26.7 cm³/mol. The third-order valence-corrected chi connectivity index (χ3v) is 0.655. The van der Waals surface area contributed by atoms with E-state index in [1.807, 2.05) is 0 Å². The van der Waals surface area contributed by atoms with Crippen LogP contribution in [0.1, 0.15) is 26.2 Å². The van der Waals surface area contributed by atoms with Crippen LogP contribution in [0.4, 0.5) is 0 Å². The van der Waals surface area contributed by atoms with E-state index in [-0.39, 0.29) is 35.9 Å². The van der Waals surface area contributed by atoms with Gasteiger partial charge in [-0.15, -0.1) is 0 Å². The van der Waals surface area contributed by atoms with E-state index < -0.39 is 0 Å². The summed E-state index contributed by atoms with van der Waals surface area (Å²) < 4.78 is 0. The minimum absolute atomic E-state index is 0. The van der Waals surface area contributed by atoms with Crippen molar-refractivity contribution in [1.29, 1.82) is 0 Å². The van der Waals surface area contributed by atoms with Crippen molar-refractivity contribution in [3.8, 4) is 5.92 Å². The zero-order valence-corrected chi connectivity index (χ0v) is 6.36. The number of hydrogen-bond acceptors (Lipinski definition) is 0. The van der Waals surface area contributed by atoms with Gasteiger partial charge in [0, 0.05) is 17.1 Å². The molecule has 0 aliphatic carbocycles. The van der Waals surface area contributed by atoms with Crippen LogP contribution in [0.3, 0.4) is 0 Å². The fraction of sp³-hybridized carbons (Fsp3) is 0.667. The molecule has 0 aromatic heterocycles. The van der Waals surface area contributed by atoms with Gasteiger partial charge in [0.15, 0.2) is 0 Å². The number of unbranched alkanes of at least 4 members (excludes halogenated alkanes) is 2. The van der Waals surface area contributed by atoms with Gasteiger partial charge in [0.25, 0.3) is 0 Å². The molecule has 0 heterocycles. The molecule has 0 aromatic carbocycles. The third-order valence-electron chi connectivity index (χ3n) is 0.655. The van der Waals surface area contributed by atoms with Crippen molar-refractivity contribution in [2.24, 2.45) is 0 Å². The molecule has 0 spiro atoms. The molecule has 0 aliphatic rings. The standard InChI is InChI=1S/C6H9.Cu.Li/c1-3-5-6-4-2;;/h3,5-6H2,1H3;;/q-1;;+1. The van der Waals surface area contributed by atoms with Gasteiger partial charge in [-0.2, -0.15) is 0 Å². The molecule has 0 nitrogen and oxygen atoms in total. The SMILES string of the molecule is [C-]#CCCCC.[Cu].[Li+]. The van der Waals surface area contributed by atoms with Crippen molar-refractivity contribution in [1.82, 2.24) is 0 Å². The van der Waals surface area contributed by atoms with E-state index in [1.165, 1.54) is 6.42 Å². The minimum atomic E-state index is 0. The first-order chi connectivity index (χ1) is 2.91. The van der Waals surface area contributed by atoms with Crippen LogP contribution in [0.2, 0.25) is 0 Å². The Morgan fingerprint density at radius 3 is 2.12 bits per heavy atom. The third kappa shape index (κ3) is 15.9. The molecule has 2 heteroatoms. The summed E-state index contributed by atoms with van der Waals surface area (Å²) in [7, 11) is 0. The van der Waals surface area contributed by atoms with Crippen LogP contribution in [0, 0.1) is 12.3 Å². The van der Waals surface area contributed by atoms with Gasteiger partial charge in [0.2, 0.25) is 0 Å². The maximum atomic E-state index is 6.46. The smallest absolute Gasteiger partial charge is 0.694 e. The van der Waals surface area contributed by atoms with E-state index in [9.17, 15) is 0 Å². The Morgan fingerprint density at radius 2 is 2.00 bits per heavy atom. The fourth-order valence-corrected chi connectivity index (χ4v) is 0.265. The van der Waals surface area contributed by atoms with Gasteiger partial charge in [0.05, 0.1) is 0 Å². The molecule has 0 bridgehead atoms. The predicted octanol–water partition coefficient (Wildman–Crippen LogP) is -1.23. The average molecular weight is 152 g/mol. The first kappa shape index (κ1) is 15.9. The Morgan fingerprint density at radius 1 is 1.50 bits per heavy atom. The van der Waals surface area contributed by atoms with E-state index in [1.54, 1.807) is 0 Å². The van der Waals surface area contributed by atoms with Gasteiger partial charge in [-0.05, 0) is 12.8 Å². The summed E-state index contributed by atoms with van der Waals surface area (Å²) >= 11 is 0. The van der Waals surface area contributed by atoms with Crippen LogP contribution in [-0.2, 0) is 17.1 Å². The Bertz CT molecular complexity index is 56.0. The van der Waals surface area contributed by atoms with E-state index in [0.717, 1.165) is 12.8 Å². The van der Waals surface area contributed by atoms with E-state index in [4.69, 9.17) is 6.42 Å². The van der Waals surface area contributed by atoms with Crippen molar-refractivity contribution >= 4 is 0 Å². The van der Waals surface area contributed by atoms with Crippen LogP contribution >= 0.6 is 0 Å². The molecule has 0 aliphatic heterocycles. The van der Waals surface area contributed by atoms with Crippen molar-refractivity contribution < 1.29 is 35.9 Å². The quantitative estimate of drug-likeness (QED) is 0.201. The molecule has 0 rings (SSSR count). The molecular weight excluding hydrogens is 143 g/mol.